The van der Waals surface area contributed by atoms with E-state index >= 15 is 0 Å². The van der Waals surface area contributed by atoms with E-state index in [-0.39, 0.29) is 11.7 Å². The molecule has 1 aromatic carbocycles. The van der Waals surface area contributed by atoms with Crippen molar-refractivity contribution in [3.05, 3.63) is 30.1 Å². The number of carbonyl (C=O) groups excluding carboxylic acids is 1. The summed E-state index contributed by atoms with van der Waals surface area (Å²) in [5.74, 6) is -0.351. The molecule has 116 valence electrons. The number of likely N-dealkylation sites (tertiary alicyclic amines) is 1. The van der Waals surface area contributed by atoms with Gasteiger partial charge in [-0.25, -0.2) is 4.39 Å². The summed E-state index contributed by atoms with van der Waals surface area (Å²) in [5, 5.41) is 3.21. The molecule has 1 aromatic rings. The smallest absolute Gasteiger partial charge is 0.263 e. The highest BCUT2D eigenvalue weighted by molar-refractivity contribution is 5.81. The summed E-state index contributed by atoms with van der Waals surface area (Å²) in [6.45, 7) is 3.31. The standard InChI is InChI=1S/C16H23FN2O2/c1-3-14(21-15-9-5-4-8-13(15)17)16(20)19-10-6-7-12(11-19)18-2/h4-5,8-9,12,14,18H,3,6-7,10-11H2,1-2H3/t12-,14-/m1/s1. The van der Waals surface area contributed by atoms with E-state index in [0.29, 0.717) is 19.0 Å². The summed E-state index contributed by atoms with van der Waals surface area (Å²) in [4.78, 5) is 14.4. The Labute approximate surface area is 125 Å². The summed E-state index contributed by atoms with van der Waals surface area (Å²) < 4.78 is 19.2. The number of ether oxygens (including phenoxy) is 1. The van der Waals surface area contributed by atoms with Crippen LogP contribution in [0.25, 0.3) is 0 Å². The monoisotopic (exact) mass is 294 g/mol. The van der Waals surface area contributed by atoms with Crippen LogP contribution < -0.4 is 10.1 Å². The number of nitrogens with one attached hydrogen (secondary N) is 1. The fourth-order valence-corrected chi connectivity index (χ4v) is 2.62. The van der Waals surface area contributed by atoms with Crippen LogP contribution in [0, 0.1) is 5.82 Å². The van der Waals surface area contributed by atoms with Crippen molar-refractivity contribution in [3.8, 4) is 5.75 Å². The lowest BCUT2D eigenvalue weighted by molar-refractivity contribution is -0.140. The number of piperidine rings is 1. The minimum absolute atomic E-state index is 0.0549. The van der Waals surface area contributed by atoms with Crippen LogP contribution in [0.4, 0.5) is 4.39 Å². The van der Waals surface area contributed by atoms with Crippen molar-refractivity contribution >= 4 is 5.91 Å². The van der Waals surface area contributed by atoms with Gasteiger partial charge in [0.1, 0.15) is 0 Å². The van der Waals surface area contributed by atoms with Crippen LogP contribution in [-0.4, -0.2) is 43.1 Å². The zero-order chi connectivity index (χ0) is 15.2. The molecular weight excluding hydrogens is 271 g/mol. The molecule has 1 heterocycles. The van der Waals surface area contributed by atoms with Crippen LogP contribution in [0.5, 0.6) is 5.75 Å². The number of hydrogen-bond acceptors (Lipinski definition) is 3. The summed E-state index contributed by atoms with van der Waals surface area (Å²) in [7, 11) is 1.91. The molecule has 1 fully saturated rings. The fraction of sp³-hybridized carbons (Fsp3) is 0.562. The maximum absolute atomic E-state index is 13.6. The first-order valence-corrected chi connectivity index (χ1v) is 7.53. The van der Waals surface area contributed by atoms with Crippen molar-refractivity contribution in [2.24, 2.45) is 0 Å². The van der Waals surface area contributed by atoms with Crippen LogP contribution in [0.15, 0.2) is 24.3 Å². The van der Waals surface area contributed by atoms with Gasteiger partial charge < -0.3 is 15.0 Å². The number of carbonyl (C=O) groups is 1. The molecule has 4 nitrogen and oxygen atoms in total. The lowest BCUT2D eigenvalue weighted by Gasteiger charge is -2.34. The Kier molecular flexibility index (Phi) is 5.56. The van der Waals surface area contributed by atoms with Gasteiger partial charge in [-0.2, -0.15) is 0 Å². The molecule has 2 atom stereocenters. The highest BCUT2D eigenvalue weighted by Crippen LogP contribution is 2.20. The van der Waals surface area contributed by atoms with Gasteiger partial charge in [-0.15, -0.1) is 0 Å². The second kappa shape index (κ2) is 7.41. The van der Waals surface area contributed by atoms with E-state index in [2.05, 4.69) is 5.32 Å². The molecule has 0 saturated carbocycles. The van der Waals surface area contributed by atoms with E-state index < -0.39 is 11.9 Å². The molecule has 0 aliphatic carbocycles. The van der Waals surface area contributed by atoms with Gasteiger partial charge in [-0.05, 0) is 38.4 Å². The third-order valence-electron chi connectivity index (χ3n) is 3.89. The molecule has 1 aliphatic rings. The first kappa shape index (κ1) is 15.8. The van der Waals surface area contributed by atoms with E-state index in [1.807, 2.05) is 18.9 Å². The largest absolute Gasteiger partial charge is 0.478 e. The number of rotatable bonds is 5. The zero-order valence-corrected chi connectivity index (χ0v) is 12.6. The molecule has 1 N–H and O–H groups in total. The molecule has 0 bridgehead atoms. The second-order valence-electron chi connectivity index (χ2n) is 5.36. The second-order valence-corrected chi connectivity index (χ2v) is 5.36. The topological polar surface area (TPSA) is 41.6 Å². The van der Waals surface area contributed by atoms with E-state index in [9.17, 15) is 9.18 Å². The van der Waals surface area contributed by atoms with Gasteiger partial charge in [0.05, 0.1) is 0 Å². The molecule has 21 heavy (non-hydrogen) atoms. The minimum Gasteiger partial charge on any atom is -0.478 e. The highest BCUT2D eigenvalue weighted by Gasteiger charge is 2.29. The maximum Gasteiger partial charge on any atom is 0.263 e. The van der Waals surface area contributed by atoms with Crippen molar-refractivity contribution in [1.29, 1.82) is 0 Å². The summed E-state index contributed by atoms with van der Waals surface area (Å²) in [6.07, 6.45) is 1.95. The number of halogens is 1. The van der Waals surface area contributed by atoms with Crippen LogP contribution in [-0.2, 0) is 4.79 Å². The van der Waals surface area contributed by atoms with Crippen LogP contribution >= 0.6 is 0 Å². The van der Waals surface area contributed by atoms with Gasteiger partial charge >= 0.3 is 0 Å². The molecule has 0 aromatic heterocycles. The van der Waals surface area contributed by atoms with Crippen LogP contribution in [0.2, 0.25) is 0 Å². The lowest BCUT2D eigenvalue weighted by atomic mass is 10.0. The Morgan fingerprint density at radius 2 is 2.29 bits per heavy atom. The number of para-hydroxylation sites is 1. The van der Waals surface area contributed by atoms with Crippen molar-refractivity contribution in [2.45, 2.75) is 38.3 Å². The third kappa shape index (κ3) is 3.94. The summed E-state index contributed by atoms with van der Waals surface area (Å²) >= 11 is 0. The third-order valence-corrected chi connectivity index (χ3v) is 3.89. The molecule has 1 saturated heterocycles. The Morgan fingerprint density at radius 1 is 1.52 bits per heavy atom. The quantitative estimate of drug-likeness (QED) is 0.905. The molecule has 5 heteroatoms. The van der Waals surface area contributed by atoms with Crippen molar-refractivity contribution in [2.75, 3.05) is 20.1 Å². The summed E-state index contributed by atoms with van der Waals surface area (Å²) in [5.41, 5.74) is 0. The maximum atomic E-state index is 13.6. The number of hydrogen-bond donors (Lipinski definition) is 1. The van der Waals surface area contributed by atoms with E-state index in [0.717, 1.165) is 19.4 Å². The molecule has 1 amide bonds. The first-order valence-electron chi connectivity index (χ1n) is 7.53. The number of amides is 1. The van der Waals surface area contributed by atoms with Gasteiger partial charge in [-0.1, -0.05) is 19.1 Å². The Bertz CT molecular complexity index is 481. The number of nitrogens with zero attached hydrogens (tertiary/aromatic N) is 1. The van der Waals surface area contributed by atoms with Crippen LogP contribution in [0.3, 0.4) is 0 Å². The molecular formula is C16H23FN2O2. The molecule has 0 unspecified atom stereocenters. The molecule has 0 radical (unpaired) electrons. The van der Waals surface area contributed by atoms with Gasteiger partial charge in [-0.3, -0.25) is 4.79 Å². The van der Waals surface area contributed by atoms with Crippen molar-refractivity contribution < 1.29 is 13.9 Å². The number of likely N-dealkylation sites (N-methyl/N-ethyl adjacent to an activating group) is 1. The van der Waals surface area contributed by atoms with Gasteiger partial charge in [0.2, 0.25) is 0 Å². The lowest BCUT2D eigenvalue weighted by Crippen LogP contribution is -2.51. The number of benzene rings is 1. The highest BCUT2D eigenvalue weighted by atomic mass is 19.1. The Hall–Kier alpha value is -1.62. The van der Waals surface area contributed by atoms with Gasteiger partial charge in [0.25, 0.3) is 5.91 Å². The molecule has 1 aliphatic heterocycles. The first-order chi connectivity index (χ1) is 10.2. The fourth-order valence-electron chi connectivity index (χ4n) is 2.62. The Morgan fingerprint density at radius 3 is 2.95 bits per heavy atom. The summed E-state index contributed by atoms with van der Waals surface area (Å²) in [6, 6.07) is 6.52. The minimum atomic E-state index is -0.627. The zero-order valence-electron chi connectivity index (χ0n) is 12.6. The van der Waals surface area contributed by atoms with Gasteiger partial charge in [0.15, 0.2) is 17.7 Å². The van der Waals surface area contributed by atoms with Crippen molar-refractivity contribution in [1.82, 2.24) is 10.2 Å². The Balaban J connectivity index is 2.03. The predicted octanol–water partition coefficient (Wildman–Crippen LogP) is 2.19. The van der Waals surface area contributed by atoms with E-state index in [4.69, 9.17) is 4.74 Å². The average Bonchev–Trinajstić information content (AvgIpc) is 2.53. The van der Waals surface area contributed by atoms with Crippen molar-refractivity contribution in [3.63, 3.8) is 0 Å². The normalized spacial score (nSPS) is 20.1. The van der Waals surface area contributed by atoms with Gasteiger partial charge in [0, 0.05) is 19.1 Å². The van der Waals surface area contributed by atoms with E-state index in [1.165, 1.54) is 6.07 Å². The van der Waals surface area contributed by atoms with E-state index in [1.54, 1.807) is 18.2 Å². The van der Waals surface area contributed by atoms with Crippen LogP contribution in [0.1, 0.15) is 26.2 Å². The average molecular weight is 294 g/mol. The predicted molar refractivity (Wildman–Crippen MR) is 79.8 cm³/mol. The molecule has 0 spiro atoms. The molecule has 2 rings (SSSR count). The SMILES string of the molecule is CC[C@@H](Oc1ccccc1F)C(=O)N1CCC[C@@H](NC)C1.